The summed E-state index contributed by atoms with van der Waals surface area (Å²) in [5, 5.41) is 0. The average Bonchev–Trinajstić information content (AvgIpc) is 2.94. The third kappa shape index (κ3) is 2.82. The highest BCUT2D eigenvalue weighted by atomic mass is 16.5. The molecule has 2 aliphatic heterocycles. The number of methoxy groups -OCH3 is 2. The molecule has 0 aromatic heterocycles. The molecule has 1 aromatic carbocycles. The monoisotopic (exact) mass is 326 g/mol. The van der Waals surface area contributed by atoms with Crippen molar-refractivity contribution < 1.29 is 19.1 Å². The number of hydrogen-bond acceptors (Lipinski definition) is 5. The van der Waals surface area contributed by atoms with Gasteiger partial charge in [-0.05, 0) is 31.1 Å². The third-order valence-corrected chi connectivity index (χ3v) is 3.99. The van der Waals surface area contributed by atoms with Crippen LogP contribution in [0.1, 0.15) is 23.7 Å². The van der Waals surface area contributed by atoms with Gasteiger partial charge in [-0.1, -0.05) is 6.08 Å². The standard InChI is InChI=1S/C18H18N2O4/c1-11(21)4-5-12-6-13-9-19-15-8-17(24-3)16(23-2)7-14(15)18(22)20(13)10-12/h4-5,7-10,13H,6H2,1-3H3/b5-4+/t13-/m0/s1. The van der Waals surface area contributed by atoms with Crippen molar-refractivity contribution in [1.29, 1.82) is 0 Å². The number of ether oxygens (including phenoxy) is 2. The van der Waals surface area contributed by atoms with Crippen molar-refractivity contribution in [3.05, 3.63) is 41.6 Å². The van der Waals surface area contributed by atoms with E-state index in [0.29, 0.717) is 29.2 Å². The van der Waals surface area contributed by atoms with Gasteiger partial charge in [-0.2, -0.15) is 0 Å². The quantitative estimate of drug-likeness (QED) is 0.798. The van der Waals surface area contributed by atoms with Crippen LogP contribution in [0.25, 0.3) is 0 Å². The molecular weight excluding hydrogens is 308 g/mol. The van der Waals surface area contributed by atoms with E-state index < -0.39 is 0 Å². The van der Waals surface area contributed by atoms with Crippen molar-refractivity contribution in [3.63, 3.8) is 0 Å². The van der Waals surface area contributed by atoms with Crippen molar-refractivity contribution in [2.75, 3.05) is 14.2 Å². The molecule has 124 valence electrons. The predicted molar refractivity (Wildman–Crippen MR) is 90.2 cm³/mol. The Morgan fingerprint density at radius 3 is 2.67 bits per heavy atom. The molecular formula is C18H18N2O4. The first-order chi connectivity index (χ1) is 11.5. The van der Waals surface area contributed by atoms with Crippen molar-refractivity contribution in [1.82, 2.24) is 4.90 Å². The zero-order valence-corrected chi connectivity index (χ0v) is 13.8. The summed E-state index contributed by atoms with van der Waals surface area (Å²) in [5.74, 6) is 0.835. The second-order valence-electron chi connectivity index (χ2n) is 5.63. The van der Waals surface area contributed by atoms with E-state index >= 15 is 0 Å². The molecule has 0 radical (unpaired) electrons. The number of ketones is 1. The Morgan fingerprint density at radius 1 is 1.29 bits per heavy atom. The van der Waals surface area contributed by atoms with Crippen LogP contribution in [0, 0.1) is 0 Å². The molecule has 0 unspecified atom stereocenters. The van der Waals surface area contributed by atoms with Crippen molar-refractivity contribution in [2.24, 2.45) is 4.99 Å². The first-order valence-electron chi connectivity index (χ1n) is 7.55. The van der Waals surface area contributed by atoms with Gasteiger partial charge >= 0.3 is 0 Å². The van der Waals surface area contributed by atoms with Gasteiger partial charge in [0, 0.05) is 18.5 Å². The number of rotatable bonds is 4. The average molecular weight is 326 g/mol. The van der Waals surface area contributed by atoms with Gasteiger partial charge in [-0.15, -0.1) is 0 Å². The normalized spacial score (nSPS) is 19.0. The van der Waals surface area contributed by atoms with Crippen molar-refractivity contribution >= 4 is 23.6 Å². The number of fused-ring (bicyclic) bond motifs is 2. The number of amides is 1. The van der Waals surface area contributed by atoms with Crippen LogP contribution in [-0.2, 0) is 4.79 Å². The molecule has 3 rings (SSSR count). The van der Waals surface area contributed by atoms with Gasteiger partial charge in [0.2, 0.25) is 0 Å². The molecule has 2 heterocycles. The second-order valence-corrected chi connectivity index (χ2v) is 5.63. The minimum atomic E-state index is -0.159. The first-order valence-corrected chi connectivity index (χ1v) is 7.55. The fourth-order valence-corrected chi connectivity index (χ4v) is 2.79. The third-order valence-electron chi connectivity index (χ3n) is 3.99. The topological polar surface area (TPSA) is 68.2 Å². The minimum Gasteiger partial charge on any atom is -0.493 e. The lowest BCUT2D eigenvalue weighted by Gasteiger charge is -2.18. The van der Waals surface area contributed by atoms with Crippen molar-refractivity contribution in [3.8, 4) is 11.5 Å². The zero-order valence-electron chi connectivity index (χ0n) is 13.8. The summed E-state index contributed by atoms with van der Waals surface area (Å²) in [6.07, 6.45) is 7.39. The van der Waals surface area contributed by atoms with Crippen LogP contribution >= 0.6 is 0 Å². The van der Waals surface area contributed by atoms with E-state index in [1.54, 1.807) is 42.6 Å². The lowest BCUT2D eigenvalue weighted by Crippen LogP contribution is -2.32. The highest BCUT2D eigenvalue weighted by Gasteiger charge is 2.32. The molecule has 0 aliphatic carbocycles. The fourth-order valence-electron chi connectivity index (χ4n) is 2.79. The number of carbonyl (C=O) groups is 2. The van der Waals surface area contributed by atoms with Gasteiger partial charge in [-0.3, -0.25) is 14.6 Å². The van der Waals surface area contributed by atoms with Crippen LogP contribution in [0.5, 0.6) is 11.5 Å². The lowest BCUT2D eigenvalue weighted by atomic mass is 10.1. The SMILES string of the molecule is COc1cc2c(cc1OC)C(=O)N1C=C(/C=C/C(C)=O)C[C@H]1C=N2. The summed E-state index contributed by atoms with van der Waals surface area (Å²) in [5.41, 5.74) is 1.93. The van der Waals surface area contributed by atoms with E-state index in [0.717, 1.165) is 5.57 Å². The maximum absolute atomic E-state index is 12.9. The first kappa shape index (κ1) is 16.0. The molecule has 6 nitrogen and oxygen atoms in total. The van der Waals surface area contributed by atoms with Crippen LogP contribution in [-0.4, -0.2) is 43.1 Å². The summed E-state index contributed by atoms with van der Waals surface area (Å²) < 4.78 is 10.5. The molecule has 0 spiro atoms. The van der Waals surface area contributed by atoms with E-state index in [2.05, 4.69) is 4.99 Å². The van der Waals surface area contributed by atoms with Crippen LogP contribution in [0.4, 0.5) is 5.69 Å². The summed E-state index contributed by atoms with van der Waals surface area (Å²) in [6, 6.07) is 3.19. The van der Waals surface area contributed by atoms with Crippen LogP contribution in [0.3, 0.4) is 0 Å². The van der Waals surface area contributed by atoms with E-state index in [1.807, 2.05) is 0 Å². The Morgan fingerprint density at radius 2 is 2.00 bits per heavy atom. The molecule has 0 saturated carbocycles. The molecule has 0 saturated heterocycles. The van der Waals surface area contributed by atoms with E-state index in [1.165, 1.54) is 20.1 Å². The van der Waals surface area contributed by atoms with E-state index in [-0.39, 0.29) is 17.7 Å². The number of benzene rings is 1. The number of nitrogens with zero attached hydrogens (tertiary/aromatic N) is 2. The van der Waals surface area contributed by atoms with Crippen LogP contribution in [0.15, 0.2) is 41.1 Å². The van der Waals surface area contributed by atoms with E-state index in [9.17, 15) is 9.59 Å². The molecule has 1 atom stereocenters. The van der Waals surface area contributed by atoms with Crippen molar-refractivity contribution in [2.45, 2.75) is 19.4 Å². The van der Waals surface area contributed by atoms with Crippen LogP contribution < -0.4 is 9.47 Å². The molecule has 0 bridgehead atoms. The Kier molecular flexibility index (Phi) is 4.20. The maximum atomic E-state index is 12.9. The number of aliphatic imine (C=N–C) groups is 1. The highest BCUT2D eigenvalue weighted by Crippen LogP contribution is 2.38. The number of carbonyl (C=O) groups excluding carboxylic acids is 2. The largest absolute Gasteiger partial charge is 0.493 e. The van der Waals surface area contributed by atoms with Gasteiger partial charge < -0.3 is 14.4 Å². The van der Waals surface area contributed by atoms with Gasteiger partial charge in [0.1, 0.15) is 0 Å². The predicted octanol–water partition coefficient (Wildman–Crippen LogP) is 2.66. The summed E-state index contributed by atoms with van der Waals surface area (Å²) >= 11 is 0. The summed E-state index contributed by atoms with van der Waals surface area (Å²) in [6.45, 7) is 1.49. The van der Waals surface area contributed by atoms with Gasteiger partial charge in [0.25, 0.3) is 5.91 Å². The molecule has 1 amide bonds. The zero-order chi connectivity index (χ0) is 17.3. The highest BCUT2D eigenvalue weighted by molar-refractivity contribution is 6.04. The van der Waals surface area contributed by atoms with Crippen LogP contribution in [0.2, 0.25) is 0 Å². The smallest absolute Gasteiger partial charge is 0.260 e. The second kappa shape index (κ2) is 6.31. The molecule has 0 fully saturated rings. The Labute approximate surface area is 140 Å². The summed E-state index contributed by atoms with van der Waals surface area (Å²) in [7, 11) is 3.07. The Bertz CT molecular complexity index is 792. The molecule has 1 aromatic rings. The van der Waals surface area contributed by atoms with Gasteiger partial charge in [-0.25, -0.2) is 0 Å². The molecule has 6 heteroatoms. The minimum absolute atomic E-state index is 0.0276. The Hall–Kier alpha value is -2.89. The van der Waals surface area contributed by atoms with Gasteiger partial charge in [0.05, 0.1) is 31.5 Å². The Balaban J connectivity index is 1.99. The number of hydrogen-bond donors (Lipinski definition) is 0. The molecule has 2 aliphatic rings. The molecule has 24 heavy (non-hydrogen) atoms. The lowest BCUT2D eigenvalue weighted by molar-refractivity contribution is -0.112. The van der Waals surface area contributed by atoms with Gasteiger partial charge in [0.15, 0.2) is 17.3 Å². The molecule has 0 N–H and O–H groups in total. The summed E-state index contributed by atoms with van der Waals surface area (Å²) in [4.78, 5) is 30.1. The number of allylic oxidation sites excluding steroid dienone is 2. The van der Waals surface area contributed by atoms with E-state index in [4.69, 9.17) is 9.47 Å². The maximum Gasteiger partial charge on any atom is 0.260 e. The fraction of sp³-hybridized carbons (Fsp3) is 0.278.